The first kappa shape index (κ1) is 25.1. The number of hydroxylamine groups is 2. The van der Waals surface area contributed by atoms with Crippen LogP contribution in [-0.4, -0.2) is 76.2 Å². The molecule has 2 fully saturated rings. The highest BCUT2D eigenvalue weighted by Crippen LogP contribution is 2.31. The van der Waals surface area contributed by atoms with E-state index in [1.165, 1.54) is 0 Å². The van der Waals surface area contributed by atoms with Crippen LogP contribution >= 0.6 is 0 Å². The number of hydrogen-bond acceptors (Lipinski definition) is 8. The molecule has 0 bridgehead atoms. The van der Waals surface area contributed by atoms with Crippen LogP contribution < -0.4 is 15.8 Å². The zero-order chi connectivity index (χ0) is 24.1. The van der Waals surface area contributed by atoms with E-state index in [0.29, 0.717) is 29.8 Å². The minimum atomic E-state index is -0.631. The number of hydrogen-bond donors (Lipinski definition) is 3. The fourth-order valence-electron chi connectivity index (χ4n) is 4.82. The van der Waals surface area contributed by atoms with Gasteiger partial charge in [0.1, 0.15) is 5.82 Å². The number of carbonyl (C=O) groups is 2. The minimum absolute atomic E-state index is 0.0460. The molecule has 184 valence electrons. The standard InChI is InChI=1S/C22H36FN7O3/c1-14-15(2)30(10-9-28(14)4)21-19(23)20(24-16(3)25-21)26-27-22(32)18(12-29(33)13-31)11-17-7-5-6-8-17/h13-15,17-18,33H,5-12H2,1-4H3,(H,27,32)(H,24,25,26)/t14-,15+,18+/m1/s1. The number of hydrazine groups is 1. The first-order valence-corrected chi connectivity index (χ1v) is 11.7. The number of amides is 2. The second-order valence-corrected chi connectivity index (χ2v) is 9.34. The van der Waals surface area contributed by atoms with Crippen molar-refractivity contribution in [2.45, 2.75) is 65.0 Å². The van der Waals surface area contributed by atoms with Crippen LogP contribution in [0.4, 0.5) is 16.0 Å². The van der Waals surface area contributed by atoms with Gasteiger partial charge in [0.25, 0.3) is 0 Å². The minimum Gasteiger partial charge on any atom is -0.348 e. The van der Waals surface area contributed by atoms with Crippen LogP contribution in [-0.2, 0) is 9.59 Å². The van der Waals surface area contributed by atoms with Crippen LogP contribution in [0, 0.1) is 24.6 Å². The molecule has 3 atom stereocenters. The molecule has 3 rings (SSSR count). The van der Waals surface area contributed by atoms with Gasteiger partial charge in [0.15, 0.2) is 11.6 Å². The smallest absolute Gasteiger partial charge is 0.243 e. The van der Waals surface area contributed by atoms with Crippen molar-refractivity contribution in [3.63, 3.8) is 0 Å². The van der Waals surface area contributed by atoms with Gasteiger partial charge in [-0.3, -0.25) is 30.5 Å². The molecule has 1 aliphatic carbocycles. The zero-order valence-corrected chi connectivity index (χ0v) is 19.9. The van der Waals surface area contributed by atoms with E-state index in [-0.39, 0.29) is 36.7 Å². The van der Waals surface area contributed by atoms with Gasteiger partial charge < -0.3 is 4.90 Å². The molecule has 0 spiro atoms. The molecule has 11 heteroatoms. The van der Waals surface area contributed by atoms with Gasteiger partial charge in [-0.1, -0.05) is 25.7 Å². The molecule has 1 aromatic rings. The molecular formula is C22H36FN7O3. The Kier molecular flexibility index (Phi) is 8.41. The summed E-state index contributed by atoms with van der Waals surface area (Å²) in [4.78, 5) is 36.4. The lowest BCUT2D eigenvalue weighted by Crippen LogP contribution is -2.56. The van der Waals surface area contributed by atoms with Crippen molar-refractivity contribution >= 4 is 24.0 Å². The van der Waals surface area contributed by atoms with Gasteiger partial charge in [-0.2, -0.15) is 4.39 Å². The molecular weight excluding hydrogens is 429 g/mol. The van der Waals surface area contributed by atoms with Crippen LogP contribution in [0.15, 0.2) is 0 Å². The largest absolute Gasteiger partial charge is 0.348 e. The molecule has 1 saturated carbocycles. The molecule has 10 nitrogen and oxygen atoms in total. The second-order valence-electron chi connectivity index (χ2n) is 9.34. The lowest BCUT2D eigenvalue weighted by atomic mass is 9.92. The van der Waals surface area contributed by atoms with E-state index in [1.807, 2.05) is 18.9 Å². The molecule has 2 amide bonds. The van der Waals surface area contributed by atoms with Gasteiger partial charge in [0, 0.05) is 25.2 Å². The number of carbonyl (C=O) groups excluding carboxylic acids is 2. The van der Waals surface area contributed by atoms with Crippen molar-refractivity contribution < 1.29 is 19.2 Å². The van der Waals surface area contributed by atoms with Crippen molar-refractivity contribution in [3.8, 4) is 0 Å². The van der Waals surface area contributed by atoms with E-state index in [1.54, 1.807) is 6.92 Å². The average Bonchev–Trinajstić information content (AvgIpc) is 3.30. The summed E-state index contributed by atoms with van der Waals surface area (Å²) in [6.07, 6.45) is 5.10. The quantitative estimate of drug-likeness (QED) is 0.288. The third kappa shape index (κ3) is 6.08. The molecule has 0 unspecified atom stereocenters. The van der Waals surface area contributed by atoms with Gasteiger partial charge in [0.05, 0.1) is 12.5 Å². The fraction of sp³-hybridized carbons (Fsp3) is 0.727. The number of nitrogens with one attached hydrogen (secondary N) is 2. The monoisotopic (exact) mass is 465 g/mol. The molecule has 1 aromatic heterocycles. The van der Waals surface area contributed by atoms with Crippen molar-refractivity contribution in [2.75, 3.05) is 37.0 Å². The molecule has 0 aromatic carbocycles. The molecule has 0 radical (unpaired) electrons. The summed E-state index contributed by atoms with van der Waals surface area (Å²) < 4.78 is 15.4. The highest BCUT2D eigenvalue weighted by molar-refractivity contribution is 5.80. The van der Waals surface area contributed by atoms with Gasteiger partial charge in [-0.25, -0.2) is 15.0 Å². The Labute approximate surface area is 194 Å². The van der Waals surface area contributed by atoms with E-state index in [2.05, 4.69) is 32.6 Å². The van der Waals surface area contributed by atoms with Crippen LogP contribution in [0.3, 0.4) is 0 Å². The lowest BCUT2D eigenvalue weighted by molar-refractivity contribution is -0.154. The van der Waals surface area contributed by atoms with Gasteiger partial charge in [0.2, 0.25) is 18.1 Å². The summed E-state index contributed by atoms with van der Waals surface area (Å²) in [5.74, 6) is -0.842. The number of aryl methyl sites for hydroxylation is 1. The fourth-order valence-corrected chi connectivity index (χ4v) is 4.82. The van der Waals surface area contributed by atoms with Crippen LogP contribution in [0.5, 0.6) is 0 Å². The van der Waals surface area contributed by atoms with E-state index in [0.717, 1.165) is 32.2 Å². The number of anilines is 2. The average molecular weight is 466 g/mol. The Morgan fingerprint density at radius 2 is 1.97 bits per heavy atom. The number of nitrogens with zero attached hydrogens (tertiary/aromatic N) is 5. The van der Waals surface area contributed by atoms with Gasteiger partial charge in [-0.05, 0) is 40.2 Å². The molecule has 3 N–H and O–H groups in total. The maximum atomic E-state index is 15.4. The summed E-state index contributed by atoms with van der Waals surface area (Å²) >= 11 is 0. The van der Waals surface area contributed by atoms with Crippen LogP contribution in [0.1, 0.15) is 51.8 Å². The Bertz CT molecular complexity index is 836. The highest BCUT2D eigenvalue weighted by atomic mass is 19.1. The maximum Gasteiger partial charge on any atom is 0.243 e. The predicted octanol–water partition coefficient (Wildman–Crippen LogP) is 1.94. The van der Waals surface area contributed by atoms with Crippen molar-refractivity contribution in [2.24, 2.45) is 11.8 Å². The first-order chi connectivity index (χ1) is 15.7. The molecule has 1 saturated heterocycles. The summed E-state index contributed by atoms with van der Waals surface area (Å²) in [5, 5.41) is 10.1. The first-order valence-electron chi connectivity index (χ1n) is 11.7. The third-order valence-electron chi connectivity index (χ3n) is 7.09. The summed E-state index contributed by atoms with van der Waals surface area (Å²) in [6, 6.07) is 0.268. The van der Waals surface area contributed by atoms with Crippen LogP contribution in [0.25, 0.3) is 0 Å². The van der Waals surface area contributed by atoms with Crippen molar-refractivity contribution in [1.82, 2.24) is 25.4 Å². The number of likely N-dealkylation sites (N-methyl/N-ethyl adjacent to an activating group) is 1. The number of rotatable bonds is 9. The van der Waals surface area contributed by atoms with E-state index < -0.39 is 17.6 Å². The van der Waals surface area contributed by atoms with E-state index in [9.17, 15) is 14.8 Å². The van der Waals surface area contributed by atoms with Crippen molar-refractivity contribution in [3.05, 3.63) is 11.6 Å². The maximum absolute atomic E-state index is 15.4. The molecule has 1 aliphatic heterocycles. The number of aromatic nitrogens is 2. The normalized spacial score (nSPS) is 22.8. The van der Waals surface area contributed by atoms with E-state index >= 15 is 4.39 Å². The second kappa shape index (κ2) is 11.1. The third-order valence-corrected chi connectivity index (χ3v) is 7.09. The van der Waals surface area contributed by atoms with Crippen molar-refractivity contribution in [1.29, 1.82) is 0 Å². The summed E-state index contributed by atoms with van der Waals surface area (Å²) in [7, 11) is 2.04. The Hall–Kier alpha value is -2.53. The number of halogens is 1. The highest BCUT2D eigenvalue weighted by Gasteiger charge is 2.32. The number of piperazine rings is 1. The topological polar surface area (TPSA) is 114 Å². The van der Waals surface area contributed by atoms with Gasteiger partial charge >= 0.3 is 0 Å². The Morgan fingerprint density at radius 1 is 1.27 bits per heavy atom. The Balaban J connectivity index is 1.72. The molecule has 2 heterocycles. The Morgan fingerprint density at radius 3 is 2.64 bits per heavy atom. The summed E-state index contributed by atoms with van der Waals surface area (Å²) in [5.41, 5.74) is 5.14. The zero-order valence-electron chi connectivity index (χ0n) is 19.9. The molecule has 33 heavy (non-hydrogen) atoms. The van der Waals surface area contributed by atoms with E-state index in [4.69, 9.17) is 0 Å². The predicted molar refractivity (Wildman–Crippen MR) is 122 cm³/mol. The van der Waals surface area contributed by atoms with Gasteiger partial charge in [-0.15, -0.1) is 0 Å². The summed E-state index contributed by atoms with van der Waals surface area (Å²) in [6.45, 7) is 7.09. The molecule has 2 aliphatic rings. The van der Waals surface area contributed by atoms with Crippen LogP contribution in [0.2, 0.25) is 0 Å². The SMILES string of the molecule is Cc1nc(NNC(=O)[C@@H](CC2CCCC2)CN(O)C=O)c(F)c(N2CCN(C)[C@H](C)[C@@H]2C)n1. The lowest BCUT2D eigenvalue weighted by Gasteiger charge is -2.44.